The van der Waals surface area contributed by atoms with Crippen LogP contribution in [-0.4, -0.2) is 23.1 Å². The molecule has 7 heteroatoms. The van der Waals surface area contributed by atoms with E-state index in [2.05, 4.69) is 28.7 Å². The molecule has 0 bridgehead atoms. The van der Waals surface area contributed by atoms with Crippen molar-refractivity contribution >= 4 is 11.9 Å². The molecule has 0 spiro atoms. The van der Waals surface area contributed by atoms with Crippen molar-refractivity contribution in [3.05, 3.63) is 35.9 Å². The Bertz CT molecular complexity index is 615. The first-order valence-electron chi connectivity index (χ1n) is 10.9. The van der Waals surface area contributed by atoms with Crippen LogP contribution in [0.1, 0.15) is 97.9 Å². The summed E-state index contributed by atoms with van der Waals surface area (Å²) in [7, 11) is 0. The van der Waals surface area contributed by atoms with Crippen LogP contribution in [0.3, 0.4) is 0 Å². The molecular formula is C24H40O7. The number of rotatable bonds is 10. The zero-order valence-electron chi connectivity index (χ0n) is 20.4. The lowest BCUT2D eigenvalue weighted by Crippen LogP contribution is -2.23. The Hall–Kier alpha value is -1.96. The Balaban J connectivity index is 0.000000590. The van der Waals surface area contributed by atoms with Crippen molar-refractivity contribution in [1.82, 2.24) is 0 Å². The van der Waals surface area contributed by atoms with E-state index in [0.717, 1.165) is 32.1 Å². The minimum Gasteiger partial charge on any atom is -0.292 e. The number of benzene rings is 1. The van der Waals surface area contributed by atoms with Crippen LogP contribution in [0.5, 0.6) is 0 Å². The molecular weight excluding hydrogens is 400 g/mol. The van der Waals surface area contributed by atoms with Crippen molar-refractivity contribution in [2.75, 3.05) is 0 Å². The van der Waals surface area contributed by atoms with Crippen molar-refractivity contribution in [2.24, 2.45) is 5.92 Å². The maximum absolute atomic E-state index is 11.7. The van der Waals surface area contributed by atoms with E-state index >= 15 is 0 Å². The predicted molar refractivity (Wildman–Crippen MR) is 119 cm³/mol. The van der Waals surface area contributed by atoms with Crippen LogP contribution in [0.2, 0.25) is 0 Å². The fraction of sp³-hybridized carbons (Fsp3) is 0.667. The quantitative estimate of drug-likeness (QED) is 0.309. The fourth-order valence-corrected chi connectivity index (χ4v) is 2.18. The van der Waals surface area contributed by atoms with E-state index in [0.29, 0.717) is 5.56 Å². The molecule has 0 heterocycles. The Kier molecular flexibility index (Phi) is 14.0. The summed E-state index contributed by atoms with van der Waals surface area (Å²) in [6, 6.07) is 8.73. The van der Waals surface area contributed by atoms with Gasteiger partial charge in [0.25, 0.3) is 0 Å². The van der Waals surface area contributed by atoms with Gasteiger partial charge in [-0.3, -0.25) is 9.78 Å². The Morgan fingerprint density at radius 2 is 1.39 bits per heavy atom. The van der Waals surface area contributed by atoms with Crippen LogP contribution in [0.15, 0.2) is 30.3 Å². The maximum atomic E-state index is 11.7. The zero-order chi connectivity index (χ0) is 23.9. The van der Waals surface area contributed by atoms with Crippen molar-refractivity contribution < 1.29 is 34.2 Å². The largest absolute Gasteiger partial charge is 0.373 e. The van der Waals surface area contributed by atoms with E-state index in [1.165, 1.54) is 0 Å². The molecule has 0 aliphatic heterocycles. The van der Waals surface area contributed by atoms with Crippen molar-refractivity contribution in [1.29, 1.82) is 0 Å². The molecule has 1 aromatic carbocycles. The van der Waals surface area contributed by atoms with Gasteiger partial charge in [-0.25, -0.2) is 9.59 Å². The van der Waals surface area contributed by atoms with Gasteiger partial charge in [0.1, 0.15) is 5.60 Å². The van der Waals surface area contributed by atoms with Gasteiger partial charge in [0.2, 0.25) is 0 Å². The second-order valence-electron chi connectivity index (χ2n) is 9.23. The van der Waals surface area contributed by atoms with Crippen LogP contribution in [0, 0.1) is 5.92 Å². The van der Waals surface area contributed by atoms with Crippen molar-refractivity contribution in [3.63, 3.8) is 0 Å². The smallest absolute Gasteiger partial charge is 0.292 e. The van der Waals surface area contributed by atoms with Gasteiger partial charge in [0, 0.05) is 0 Å². The van der Waals surface area contributed by atoms with E-state index < -0.39 is 17.2 Å². The molecule has 31 heavy (non-hydrogen) atoms. The third kappa shape index (κ3) is 16.4. The number of carbonyl (C=O) groups is 2. The molecule has 0 aliphatic rings. The summed E-state index contributed by atoms with van der Waals surface area (Å²) >= 11 is 0. The standard InChI is InChI=1S/C13H26O4.C11H14O3/c1-6-8-10-11(9-7-2)12(14)15-17-16-13(3,4)5;1-11(2,3)14-13-10(12)9-7-5-4-6-8-9/h11H,6-10H2,1-5H3;4-8H,1-3H3. The summed E-state index contributed by atoms with van der Waals surface area (Å²) in [5.41, 5.74) is -0.481. The molecule has 0 amide bonds. The summed E-state index contributed by atoms with van der Waals surface area (Å²) in [4.78, 5) is 42.1. The molecule has 1 aromatic rings. The molecule has 0 aliphatic carbocycles. The molecule has 0 radical (unpaired) electrons. The lowest BCUT2D eigenvalue weighted by molar-refractivity contribution is -0.515. The summed E-state index contributed by atoms with van der Waals surface area (Å²) in [5, 5.41) is 4.52. The number of hydrogen-bond donors (Lipinski definition) is 0. The van der Waals surface area contributed by atoms with Crippen molar-refractivity contribution in [3.8, 4) is 0 Å². The summed E-state index contributed by atoms with van der Waals surface area (Å²) < 4.78 is 0. The molecule has 0 saturated carbocycles. The topological polar surface area (TPSA) is 80.3 Å². The van der Waals surface area contributed by atoms with E-state index in [9.17, 15) is 9.59 Å². The van der Waals surface area contributed by atoms with Crippen LogP contribution < -0.4 is 0 Å². The van der Waals surface area contributed by atoms with Crippen LogP contribution in [0.25, 0.3) is 0 Å². The predicted octanol–water partition coefficient (Wildman–Crippen LogP) is 6.37. The zero-order valence-corrected chi connectivity index (χ0v) is 20.4. The molecule has 1 unspecified atom stereocenters. The van der Waals surface area contributed by atoms with Gasteiger partial charge in [-0.2, -0.15) is 9.78 Å². The second-order valence-corrected chi connectivity index (χ2v) is 9.23. The molecule has 178 valence electrons. The lowest BCUT2D eigenvalue weighted by Gasteiger charge is -2.17. The first-order valence-corrected chi connectivity index (χ1v) is 10.9. The first-order chi connectivity index (χ1) is 14.4. The number of carbonyl (C=O) groups excluding carboxylic acids is 2. The van der Waals surface area contributed by atoms with Crippen molar-refractivity contribution in [2.45, 2.75) is 98.7 Å². The van der Waals surface area contributed by atoms with Gasteiger partial charge in [-0.05, 0) is 71.6 Å². The highest BCUT2D eigenvalue weighted by atomic mass is 17.5. The van der Waals surface area contributed by atoms with Crippen LogP contribution in [0.4, 0.5) is 0 Å². The van der Waals surface area contributed by atoms with Gasteiger partial charge in [-0.1, -0.05) is 51.3 Å². The lowest BCUT2D eigenvalue weighted by atomic mass is 9.97. The first kappa shape index (κ1) is 29.0. The molecule has 0 fully saturated rings. The van der Waals surface area contributed by atoms with Crippen LogP contribution >= 0.6 is 0 Å². The normalized spacial score (nSPS) is 12.4. The molecule has 7 nitrogen and oxygen atoms in total. The Morgan fingerprint density at radius 3 is 1.87 bits per heavy atom. The molecule has 0 saturated heterocycles. The number of unbranched alkanes of at least 4 members (excludes halogenated alkanes) is 1. The third-order valence-electron chi connectivity index (χ3n) is 3.65. The minimum atomic E-state index is -0.482. The second kappa shape index (κ2) is 14.9. The Labute approximate surface area is 187 Å². The summed E-state index contributed by atoms with van der Waals surface area (Å²) in [6.07, 6.45) is 4.75. The van der Waals surface area contributed by atoms with Gasteiger partial charge in [-0.15, -0.1) is 0 Å². The highest BCUT2D eigenvalue weighted by Crippen LogP contribution is 2.17. The minimum absolute atomic E-state index is 0.0801. The highest BCUT2D eigenvalue weighted by molar-refractivity contribution is 5.88. The van der Waals surface area contributed by atoms with Gasteiger partial charge in [0.05, 0.1) is 17.1 Å². The van der Waals surface area contributed by atoms with Gasteiger partial charge >= 0.3 is 11.9 Å². The average Bonchev–Trinajstić information content (AvgIpc) is 2.69. The summed E-state index contributed by atoms with van der Waals surface area (Å²) in [5.74, 6) is -0.881. The highest BCUT2D eigenvalue weighted by Gasteiger charge is 2.21. The average molecular weight is 441 g/mol. The monoisotopic (exact) mass is 440 g/mol. The summed E-state index contributed by atoms with van der Waals surface area (Å²) in [6.45, 7) is 15.1. The SMILES string of the molecule is CC(C)(C)OOC(=O)c1ccccc1.CCCCC(CCC)C(=O)OOOC(C)(C)C. The third-order valence-corrected chi connectivity index (χ3v) is 3.65. The fourth-order valence-electron chi connectivity index (χ4n) is 2.18. The van der Waals surface area contributed by atoms with E-state index in [-0.39, 0.29) is 11.9 Å². The van der Waals surface area contributed by atoms with E-state index in [1.54, 1.807) is 24.3 Å². The van der Waals surface area contributed by atoms with Gasteiger partial charge in [0.15, 0.2) is 0 Å². The van der Waals surface area contributed by atoms with E-state index in [4.69, 9.17) is 9.78 Å². The number of hydrogen-bond acceptors (Lipinski definition) is 7. The molecule has 1 rings (SSSR count). The van der Waals surface area contributed by atoms with E-state index in [1.807, 2.05) is 47.6 Å². The molecule has 0 N–H and O–H groups in total. The van der Waals surface area contributed by atoms with Crippen LogP contribution in [-0.2, 0) is 29.4 Å². The Morgan fingerprint density at radius 1 is 0.806 bits per heavy atom. The molecule has 0 aromatic heterocycles. The molecule has 1 atom stereocenters. The van der Waals surface area contributed by atoms with Gasteiger partial charge < -0.3 is 0 Å². The maximum Gasteiger partial charge on any atom is 0.373 e.